The molecule has 1 fully saturated rings. The third-order valence-corrected chi connectivity index (χ3v) is 3.85. The summed E-state index contributed by atoms with van der Waals surface area (Å²) in [6, 6.07) is 0.646. The molecule has 2 rings (SSSR count). The second-order valence-electron chi connectivity index (χ2n) is 5.76. The lowest BCUT2D eigenvalue weighted by Crippen LogP contribution is -2.28. The van der Waals surface area contributed by atoms with Crippen LogP contribution >= 0.6 is 0 Å². The predicted molar refractivity (Wildman–Crippen MR) is 75.1 cm³/mol. The summed E-state index contributed by atoms with van der Waals surface area (Å²) < 4.78 is 5.29. The molecule has 0 saturated carbocycles. The van der Waals surface area contributed by atoms with E-state index in [9.17, 15) is 0 Å². The van der Waals surface area contributed by atoms with Gasteiger partial charge in [0.2, 0.25) is 5.89 Å². The van der Waals surface area contributed by atoms with E-state index in [0.717, 1.165) is 37.5 Å². The van der Waals surface area contributed by atoms with E-state index >= 15 is 0 Å². The molecule has 5 nitrogen and oxygen atoms in total. The van der Waals surface area contributed by atoms with Gasteiger partial charge in [0.15, 0.2) is 5.82 Å². The Morgan fingerprint density at radius 3 is 3.00 bits per heavy atom. The maximum Gasteiger partial charge on any atom is 0.226 e. The Labute approximate surface area is 115 Å². The highest BCUT2D eigenvalue weighted by molar-refractivity contribution is 4.91. The lowest BCUT2D eigenvalue weighted by atomic mass is 10.1. The van der Waals surface area contributed by atoms with Crippen molar-refractivity contribution in [1.29, 1.82) is 0 Å². The van der Waals surface area contributed by atoms with Gasteiger partial charge in [0.1, 0.15) is 0 Å². The maximum absolute atomic E-state index is 5.29. The van der Waals surface area contributed by atoms with Gasteiger partial charge >= 0.3 is 0 Å². The van der Waals surface area contributed by atoms with E-state index in [4.69, 9.17) is 4.52 Å². The minimum Gasteiger partial charge on any atom is -0.339 e. The Morgan fingerprint density at radius 2 is 2.32 bits per heavy atom. The van der Waals surface area contributed by atoms with Crippen molar-refractivity contribution in [2.24, 2.45) is 5.92 Å². The zero-order chi connectivity index (χ0) is 13.7. The van der Waals surface area contributed by atoms with E-state index < -0.39 is 0 Å². The highest BCUT2D eigenvalue weighted by Gasteiger charge is 2.25. The van der Waals surface area contributed by atoms with Crippen LogP contribution in [0.2, 0.25) is 0 Å². The molecule has 0 bridgehead atoms. The minimum absolute atomic E-state index is 0.646. The zero-order valence-electron chi connectivity index (χ0n) is 12.4. The molecule has 1 N–H and O–H groups in total. The molecule has 19 heavy (non-hydrogen) atoms. The topological polar surface area (TPSA) is 54.2 Å². The number of likely N-dealkylation sites (tertiary alicyclic amines) is 1. The van der Waals surface area contributed by atoms with Crippen molar-refractivity contribution in [3.05, 3.63) is 11.7 Å². The summed E-state index contributed by atoms with van der Waals surface area (Å²) in [6.45, 7) is 7.88. The molecule has 108 valence electrons. The molecule has 0 aliphatic carbocycles. The van der Waals surface area contributed by atoms with Crippen LogP contribution in [0.4, 0.5) is 0 Å². The van der Waals surface area contributed by atoms with E-state index in [1.165, 1.54) is 19.5 Å². The average Bonchev–Trinajstić information content (AvgIpc) is 3.00. The van der Waals surface area contributed by atoms with Gasteiger partial charge in [0.25, 0.3) is 0 Å². The molecule has 1 aliphatic heterocycles. The first kappa shape index (κ1) is 14.5. The summed E-state index contributed by atoms with van der Waals surface area (Å²) >= 11 is 0. The van der Waals surface area contributed by atoms with E-state index in [-0.39, 0.29) is 0 Å². The third kappa shape index (κ3) is 4.28. The molecule has 1 aliphatic rings. The number of hydrogen-bond donors (Lipinski definition) is 1. The van der Waals surface area contributed by atoms with Gasteiger partial charge in [-0.05, 0) is 52.7 Å². The van der Waals surface area contributed by atoms with Crippen molar-refractivity contribution in [2.75, 3.05) is 26.7 Å². The molecule has 1 atom stereocenters. The van der Waals surface area contributed by atoms with Crippen molar-refractivity contribution in [3.8, 4) is 0 Å². The first-order chi connectivity index (χ1) is 9.19. The molecule has 1 saturated heterocycles. The Hall–Kier alpha value is -0.940. The second-order valence-corrected chi connectivity index (χ2v) is 5.76. The van der Waals surface area contributed by atoms with Gasteiger partial charge in [-0.2, -0.15) is 4.98 Å². The summed E-state index contributed by atoms with van der Waals surface area (Å²) in [5, 5.41) is 7.23. The fourth-order valence-corrected chi connectivity index (χ4v) is 2.65. The Kier molecular flexibility index (Phi) is 5.34. The number of rotatable bonds is 7. The van der Waals surface area contributed by atoms with Crippen molar-refractivity contribution >= 4 is 0 Å². The molecule has 2 heterocycles. The highest BCUT2D eigenvalue weighted by atomic mass is 16.5. The van der Waals surface area contributed by atoms with Crippen LogP contribution in [-0.4, -0.2) is 47.8 Å². The van der Waals surface area contributed by atoms with Gasteiger partial charge in [0.05, 0.1) is 0 Å². The van der Waals surface area contributed by atoms with Gasteiger partial charge in [-0.1, -0.05) is 5.16 Å². The summed E-state index contributed by atoms with van der Waals surface area (Å²) in [5.41, 5.74) is 0. The van der Waals surface area contributed by atoms with E-state index in [1.54, 1.807) is 0 Å². The predicted octanol–water partition coefficient (Wildman–Crippen LogP) is 1.49. The first-order valence-corrected chi connectivity index (χ1v) is 7.39. The summed E-state index contributed by atoms with van der Waals surface area (Å²) in [5.74, 6) is 2.35. The SMILES string of the molecule is CNCCCc1nc(CC2CCN(C(C)C)C2)no1. The van der Waals surface area contributed by atoms with Gasteiger partial charge < -0.3 is 14.7 Å². The molecule has 1 unspecified atom stereocenters. The van der Waals surface area contributed by atoms with Crippen LogP contribution in [0.15, 0.2) is 4.52 Å². The van der Waals surface area contributed by atoms with Gasteiger partial charge in [-0.15, -0.1) is 0 Å². The van der Waals surface area contributed by atoms with Crippen molar-refractivity contribution in [1.82, 2.24) is 20.4 Å². The van der Waals surface area contributed by atoms with Gasteiger partial charge in [0, 0.05) is 25.4 Å². The normalized spacial score (nSPS) is 20.5. The van der Waals surface area contributed by atoms with E-state index in [2.05, 4.69) is 34.2 Å². The average molecular weight is 266 g/mol. The largest absolute Gasteiger partial charge is 0.339 e. The minimum atomic E-state index is 0.646. The zero-order valence-corrected chi connectivity index (χ0v) is 12.4. The number of nitrogens with one attached hydrogen (secondary N) is 1. The monoisotopic (exact) mass is 266 g/mol. The number of aryl methyl sites for hydroxylation is 1. The smallest absolute Gasteiger partial charge is 0.226 e. The standard InChI is InChI=1S/C14H26N4O/c1-11(2)18-8-6-12(10-18)9-13-16-14(19-17-13)5-4-7-15-3/h11-12,15H,4-10H2,1-3H3. The van der Waals surface area contributed by atoms with Crippen LogP contribution in [0.5, 0.6) is 0 Å². The fraction of sp³-hybridized carbons (Fsp3) is 0.857. The second kappa shape index (κ2) is 7.01. The summed E-state index contributed by atoms with van der Waals surface area (Å²) in [4.78, 5) is 7.02. The third-order valence-electron chi connectivity index (χ3n) is 3.85. The van der Waals surface area contributed by atoms with E-state index in [0.29, 0.717) is 12.0 Å². The molecule has 0 aromatic carbocycles. The lowest BCUT2D eigenvalue weighted by molar-refractivity contribution is 0.264. The highest BCUT2D eigenvalue weighted by Crippen LogP contribution is 2.21. The Morgan fingerprint density at radius 1 is 1.47 bits per heavy atom. The molecule has 0 spiro atoms. The Bertz CT molecular complexity index is 377. The first-order valence-electron chi connectivity index (χ1n) is 7.39. The van der Waals surface area contributed by atoms with Crippen molar-refractivity contribution in [3.63, 3.8) is 0 Å². The van der Waals surface area contributed by atoms with Crippen LogP contribution in [0.25, 0.3) is 0 Å². The number of nitrogens with zero attached hydrogens (tertiary/aromatic N) is 3. The number of hydrogen-bond acceptors (Lipinski definition) is 5. The van der Waals surface area contributed by atoms with Crippen molar-refractivity contribution < 1.29 is 4.52 Å². The molecule has 1 aromatic heterocycles. The lowest BCUT2D eigenvalue weighted by Gasteiger charge is -2.19. The molecular formula is C14H26N4O. The fourth-order valence-electron chi connectivity index (χ4n) is 2.65. The molecule has 1 aromatic rings. The molecule has 0 radical (unpaired) electrons. The molecule has 0 amide bonds. The Balaban J connectivity index is 1.77. The quantitative estimate of drug-likeness (QED) is 0.758. The number of aromatic nitrogens is 2. The van der Waals surface area contributed by atoms with Crippen LogP contribution in [-0.2, 0) is 12.8 Å². The van der Waals surface area contributed by atoms with Crippen LogP contribution in [0, 0.1) is 5.92 Å². The van der Waals surface area contributed by atoms with Crippen LogP contribution in [0.3, 0.4) is 0 Å². The van der Waals surface area contributed by atoms with Gasteiger partial charge in [-0.3, -0.25) is 0 Å². The van der Waals surface area contributed by atoms with E-state index in [1.807, 2.05) is 7.05 Å². The maximum atomic E-state index is 5.29. The molecule has 5 heteroatoms. The van der Waals surface area contributed by atoms with Crippen LogP contribution in [0.1, 0.15) is 38.4 Å². The summed E-state index contributed by atoms with van der Waals surface area (Å²) in [7, 11) is 1.96. The van der Waals surface area contributed by atoms with Crippen molar-refractivity contribution in [2.45, 2.75) is 45.6 Å². The summed E-state index contributed by atoms with van der Waals surface area (Å²) in [6.07, 6.45) is 4.12. The van der Waals surface area contributed by atoms with Crippen LogP contribution < -0.4 is 5.32 Å². The molecular weight excluding hydrogens is 240 g/mol. The van der Waals surface area contributed by atoms with Gasteiger partial charge in [-0.25, -0.2) is 0 Å².